The second-order valence-corrected chi connectivity index (χ2v) is 7.92. The normalized spacial score (nSPS) is 28.4. The number of rotatable bonds is 4. The van der Waals surface area contributed by atoms with E-state index in [4.69, 9.17) is 4.74 Å². The van der Waals surface area contributed by atoms with Crippen molar-refractivity contribution in [1.29, 1.82) is 0 Å². The highest BCUT2D eigenvalue weighted by atomic mass is 16.5. The number of likely N-dealkylation sites (tertiary alicyclic amines) is 2. The van der Waals surface area contributed by atoms with Gasteiger partial charge < -0.3 is 9.64 Å². The van der Waals surface area contributed by atoms with E-state index in [0.717, 1.165) is 38.2 Å². The highest BCUT2D eigenvalue weighted by Gasteiger charge is 2.45. The maximum Gasteiger partial charge on any atom is 0.222 e. The van der Waals surface area contributed by atoms with Gasteiger partial charge in [0.25, 0.3) is 0 Å². The molecule has 2 heterocycles. The van der Waals surface area contributed by atoms with Gasteiger partial charge in [-0.2, -0.15) is 0 Å². The summed E-state index contributed by atoms with van der Waals surface area (Å²) in [5.41, 5.74) is 1.68. The van der Waals surface area contributed by atoms with Crippen LogP contribution in [0.25, 0.3) is 0 Å². The van der Waals surface area contributed by atoms with E-state index < -0.39 is 0 Å². The fraction of sp³-hybridized carbons (Fsp3) is 0.650. The molecule has 0 bridgehead atoms. The van der Waals surface area contributed by atoms with Crippen LogP contribution in [0.3, 0.4) is 0 Å². The highest BCUT2D eigenvalue weighted by molar-refractivity contribution is 5.78. The molecule has 0 unspecified atom stereocenters. The molecule has 4 rings (SSSR count). The maximum atomic E-state index is 12.2. The Morgan fingerprint density at radius 2 is 1.96 bits per heavy atom. The average molecular weight is 328 g/mol. The third-order valence-electron chi connectivity index (χ3n) is 5.99. The number of carbonyl (C=O) groups is 1. The monoisotopic (exact) mass is 328 g/mol. The molecule has 2 aliphatic heterocycles. The van der Waals surface area contributed by atoms with Gasteiger partial charge in [-0.15, -0.1) is 0 Å². The van der Waals surface area contributed by atoms with E-state index in [9.17, 15) is 4.79 Å². The van der Waals surface area contributed by atoms with Crippen LogP contribution >= 0.6 is 0 Å². The Morgan fingerprint density at radius 1 is 1.17 bits per heavy atom. The molecule has 0 radical (unpaired) electrons. The molecule has 4 nitrogen and oxygen atoms in total. The van der Waals surface area contributed by atoms with Crippen molar-refractivity contribution in [3.05, 3.63) is 29.8 Å². The Morgan fingerprint density at radius 3 is 2.67 bits per heavy atom. The molecule has 1 saturated carbocycles. The summed E-state index contributed by atoms with van der Waals surface area (Å²) in [6.45, 7) is 4.30. The van der Waals surface area contributed by atoms with E-state index in [1.165, 1.54) is 37.8 Å². The lowest BCUT2D eigenvalue weighted by Crippen LogP contribution is -2.54. The topological polar surface area (TPSA) is 32.8 Å². The van der Waals surface area contributed by atoms with Gasteiger partial charge in [0.05, 0.1) is 7.11 Å². The van der Waals surface area contributed by atoms with Crippen molar-refractivity contribution in [2.75, 3.05) is 26.7 Å². The zero-order valence-corrected chi connectivity index (χ0v) is 14.7. The van der Waals surface area contributed by atoms with Gasteiger partial charge in [-0.05, 0) is 56.3 Å². The molecule has 130 valence electrons. The first-order valence-corrected chi connectivity index (χ1v) is 9.32. The first-order valence-electron chi connectivity index (χ1n) is 9.32. The Labute approximate surface area is 144 Å². The van der Waals surface area contributed by atoms with Crippen molar-refractivity contribution in [2.45, 2.75) is 51.1 Å². The van der Waals surface area contributed by atoms with Crippen molar-refractivity contribution >= 4 is 5.91 Å². The number of ether oxygens (including phenoxy) is 1. The summed E-state index contributed by atoms with van der Waals surface area (Å²) in [4.78, 5) is 17.0. The third-order valence-corrected chi connectivity index (χ3v) is 5.99. The molecule has 24 heavy (non-hydrogen) atoms. The molecule has 4 heteroatoms. The fourth-order valence-corrected chi connectivity index (χ4v) is 4.53. The van der Waals surface area contributed by atoms with Crippen LogP contribution in [0.15, 0.2) is 24.3 Å². The van der Waals surface area contributed by atoms with Crippen LogP contribution in [0.1, 0.15) is 44.1 Å². The predicted molar refractivity (Wildman–Crippen MR) is 93.9 cm³/mol. The lowest BCUT2D eigenvalue weighted by molar-refractivity contribution is -0.140. The summed E-state index contributed by atoms with van der Waals surface area (Å²) in [7, 11) is 1.71. The molecule has 1 amide bonds. The Balaban J connectivity index is 1.42. The van der Waals surface area contributed by atoms with Crippen LogP contribution in [-0.2, 0) is 11.3 Å². The maximum absolute atomic E-state index is 12.2. The average Bonchev–Trinajstić information content (AvgIpc) is 3.43. The van der Waals surface area contributed by atoms with Crippen molar-refractivity contribution in [3.63, 3.8) is 0 Å². The lowest BCUT2D eigenvalue weighted by Gasteiger charge is -2.48. The Kier molecular flexibility index (Phi) is 4.25. The first kappa shape index (κ1) is 15.9. The van der Waals surface area contributed by atoms with Crippen LogP contribution in [0.4, 0.5) is 0 Å². The number of nitrogens with zero attached hydrogens (tertiary/aromatic N) is 2. The first-order chi connectivity index (χ1) is 11.7. The van der Waals surface area contributed by atoms with Crippen molar-refractivity contribution in [1.82, 2.24) is 9.80 Å². The van der Waals surface area contributed by atoms with Crippen molar-refractivity contribution in [3.8, 4) is 5.75 Å². The highest BCUT2D eigenvalue weighted by Crippen LogP contribution is 2.42. The van der Waals surface area contributed by atoms with Gasteiger partial charge >= 0.3 is 0 Å². The molecular weight excluding hydrogens is 300 g/mol. The number of amides is 1. The van der Waals surface area contributed by atoms with Crippen LogP contribution in [0, 0.1) is 5.41 Å². The fourth-order valence-electron chi connectivity index (χ4n) is 4.53. The quantitative estimate of drug-likeness (QED) is 0.851. The second kappa shape index (κ2) is 6.40. The number of hydrogen-bond acceptors (Lipinski definition) is 3. The molecule has 0 aromatic heterocycles. The van der Waals surface area contributed by atoms with E-state index in [0.29, 0.717) is 17.4 Å². The summed E-state index contributed by atoms with van der Waals surface area (Å²) >= 11 is 0. The minimum atomic E-state index is 0.335. The molecule has 1 spiro atoms. The summed E-state index contributed by atoms with van der Waals surface area (Å²) in [5, 5.41) is 0. The number of methoxy groups -OCH3 is 1. The van der Waals surface area contributed by atoms with E-state index in [2.05, 4.69) is 21.9 Å². The predicted octanol–water partition coefficient (Wildman–Crippen LogP) is 3.06. The standard InChI is InChI=1S/C20H28N2O2/c1-24-18-7-3-16(4-8-18)13-21-12-2-10-20(14-21)11-9-19(23)22(15-20)17-5-6-17/h3-4,7-8,17H,2,5-6,9-15H2,1H3/t20-/m0/s1. The van der Waals surface area contributed by atoms with Crippen LogP contribution in [0.5, 0.6) is 5.75 Å². The van der Waals surface area contributed by atoms with E-state index in [1.807, 2.05) is 12.1 Å². The van der Waals surface area contributed by atoms with Crippen molar-refractivity contribution in [2.24, 2.45) is 5.41 Å². The van der Waals surface area contributed by atoms with Gasteiger partial charge in [0.2, 0.25) is 5.91 Å². The molecule has 3 aliphatic rings. The Hall–Kier alpha value is -1.55. The van der Waals surface area contributed by atoms with Gasteiger partial charge in [-0.25, -0.2) is 0 Å². The van der Waals surface area contributed by atoms with E-state index in [-0.39, 0.29) is 0 Å². The summed E-state index contributed by atoms with van der Waals surface area (Å²) in [5.74, 6) is 1.31. The zero-order chi connectivity index (χ0) is 16.6. The zero-order valence-electron chi connectivity index (χ0n) is 14.7. The molecule has 0 N–H and O–H groups in total. The van der Waals surface area contributed by atoms with Crippen LogP contribution in [-0.4, -0.2) is 48.5 Å². The number of piperidine rings is 2. The summed E-state index contributed by atoms with van der Waals surface area (Å²) < 4.78 is 5.25. The molecule has 1 atom stereocenters. The third kappa shape index (κ3) is 3.30. The number of benzene rings is 1. The molecule has 1 aliphatic carbocycles. The minimum Gasteiger partial charge on any atom is -0.497 e. The smallest absolute Gasteiger partial charge is 0.222 e. The number of hydrogen-bond donors (Lipinski definition) is 0. The van der Waals surface area contributed by atoms with E-state index >= 15 is 0 Å². The Bertz CT molecular complexity index is 596. The molecular formula is C20H28N2O2. The molecule has 1 aromatic carbocycles. The van der Waals surface area contributed by atoms with Gasteiger partial charge in [0.1, 0.15) is 5.75 Å². The number of carbonyl (C=O) groups excluding carboxylic acids is 1. The van der Waals surface area contributed by atoms with Crippen LogP contribution in [0.2, 0.25) is 0 Å². The van der Waals surface area contributed by atoms with Gasteiger partial charge in [0.15, 0.2) is 0 Å². The second-order valence-electron chi connectivity index (χ2n) is 7.92. The van der Waals surface area contributed by atoms with Crippen molar-refractivity contribution < 1.29 is 9.53 Å². The molecule has 2 saturated heterocycles. The summed E-state index contributed by atoms with van der Waals surface area (Å²) in [6.07, 6.45) is 6.81. The minimum absolute atomic E-state index is 0.335. The SMILES string of the molecule is COc1ccc(CN2CCC[C@]3(CCC(=O)N(C4CC4)C3)C2)cc1. The van der Waals surface area contributed by atoms with Gasteiger partial charge in [-0.1, -0.05) is 12.1 Å². The van der Waals surface area contributed by atoms with Crippen LogP contribution < -0.4 is 4.74 Å². The summed E-state index contributed by atoms with van der Waals surface area (Å²) in [6, 6.07) is 8.99. The lowest BCUT2D eigenvalue weighted by atomic mass is 9.73. The largest absolute Gasteiger partial charge is 0.497 e. The molecule has 3 fully saturated rings. The van der Waals surface area contributed by atoms with E-state index in [1.54, 1.807) is 7.11 Å². The molecule has 1 aromatic rings. The van der Waals surface area contributed by atoms with Gasteiger partial charge in [0, 0.05) is 37.5 Å². The van der Waals surface area contributed by atoms with Gasteiger partial charge in [-0.3, -0.25) is 9.69 Å².